The van der Waals surface area contributed by atoms with E-state index in [1.54, 1.807) is 0 Å². The Kier molecular flexibility index (Phi) is 4.59. The predicted octanol–water partition coefficient (Wildman–Crippen LogP) is -0.252. The van der Waals surface area contributed by atoms with Crippen molar-refractivity contribution in [1.29, 1.82) is 0 Å². The summed E-state index contributed by atoms with van der Waals surface area (Å²) in [4.78, 5) is 16.1. The molecule has 4 N–H and O–H groups in total. The molecule has 104 valence electrons. The van der Waals surface area contributed by atoms with Crippen molar-refractivity contribution in [2.45, 2.75) is 50.7 Å². The van der Waals surface area contributed by atoms with E-state index in [4.69, 9.17) is 11.5 Å². The van der Waals surface area contributed by atoms with Gasteiger partial charge in [-0.2, -0.15) is 0 Å². The molecular weight excluding hydrogens is 228 g/mol. The normalized spacial score (nSPS) is 31.9. The van der Waals surface area contributed by atoms with E-state index in [0.29, 0.717) is 25.0 Å². The average molecular weight is 254 g/mol. The Bertz CT molecular complexity index is 297. The van der Waals surface area contributed by atoms with Crippen LogP contribution in [0.1, 0.15) is 32.6 Å². The fraction of sp³-hybridized carbons (Fsp3) is 0.923. The van der Waals surface area contributed by atoms with E-state index >= 15 is 0 Å². The second-order valence-electron chi connectivity index (χ2n) is 5.75. The summed E-state index contributed by atoms with van der Waals surface area (Å²) >= 11 is 0. The van der Waals surface area contributed by atoms with Gasteiger partial charge in [-0.3, -0.25) is 14.6 Å². The summed E-state index contributed by atoms with van der Waals surface area (Å²) in [5.74, 6) is -0.247. The van der Waals surface area contributed by atoms with E-state index < -0.39 is 0 Å². The summed E-state index contributed by atoms with van der Waals surface area (Å²) in [5, 5.41) is 0. The molecule has 2 saturated heterocycles. The molecule has 2 rings (SSSR count). The summed E-state index contributed by atoms with van der Waals surface area (Å²) in [6, 6.07) is 1.23. The van der Waals surface area contributed by atoms with Gasteiger partial charge in [0.25, 0.3) is 0 Å². The monoisotopic (exact) mass is 254 g/mol. The molecule has 0 aliphatic carbocycles. The molecule has 2 fully saturated rings. The van der Waals surface area contributed by atoms with Crippen molar-refractivity contribution in [3.05, 3.63) is 0 Å². The molecule has 3 atom stereocenters. The van der Waals surface area contributed by atoms with Crippen LogP contribution in [0.2, 0.25) is 0 Å². The first-order chi connectivity index (χ1) is 8.61. The van der Waals surface area contributed by atoms with Crippen molar-refractivity contribution in [2.75, 3.05) is 26.2 Å². The quantitative estimate of drug-likeness (QED) is 0.725. The number of carbonyl (C=O) groups excluding carboxylic acids is 1. The third-order valence-corrected chi connectivity index (χ3v) is 4.41. The van der Waals surface area contributed by atoms with E-state index in [1.807, 2.05) is 0 Å². The van der Waals surface area contributed by atoms with Crippen LogP contribution in [-0.2, 0) is 4.79 Å². The van der Waals surface area contributed by atoms with E-state index in [1.165, 1.54) is 25.8 Å². The zero-order valence-electron chi connectivity index (χ0n) is 11.3. The van der Waals surface area contributed by atoms with Crippen molar-refractivity contribution >= 4 is 5.91 Å². The minimum absolute atomic E-state index is 0.113. The van der Waals surface area contributed by atoms with Gasteiger partial charge in [0.15, 0.2) is 0 Å². The van der Waals surface area contributed by atoms with Crippen LogP contribution in [0.4, 0.5) is 0 Å². The lowest BCUT2D eigenvalue weighted by Crippen LogP contribution is -2.62. The zero-order chi connectivity index (χ0) is 13.1. The second-order valence-corrected chi connectivity index (χ2v) is 5.75. The Labute approximate surface area is 109 Å². The van der Waals surface area contributed by atoms with E-state index in [0.717, 1.165) is 13.1 Å². The molecule has 0 aromatic rings. The van der Waals surface area contributed by atoms with Crippen LogP contribution in [-0.4, -0.2) is 60.0 Å². The second kappa shape index (κ2) is 5.99. The highest BCUT2D eigenvalue weighted by molar-refractivity contribution is 5.74. The van der Waals surface area contributed by atoms with Crippen LogP contribution >= 0.6 is 0 Å². The zero-order valence-corrected chi connectivity index (χ0v) is 11.3. The third kappa shape index (κ3) is 3.02. The summed E-state index contributed by atoms with van der Waals surface area (Å²) < 4.78 is 0. The SMILES string of the molecule is CC1CN2CCCCC2CN1C(CN)CC(N)=O. The molecule has 2 aliphatic heterocycles. The topological polar surface area (TPSA) is 75.6 Å². The number of primary amides is 1. The number of nitrogens with two attached hydrogens (primary N) is 2. The highest BCUT2D eigenvalue weighted by Gasteiger charge is 2.35. The first-order valence-corrected chi connectivity index (χ1v) is 7.10. The number of nitrogens with zero attached hydrogens (tertiary/aromatic N) is 2. The Morgan fingerprint density at radius 1 is 1.39 bits per heavy atom. The van der Waals surface area contributed by atoms with Crippen molar-refractivity contribution in [1.82, 2.24) is 9.80 Å². The highest BCUT2D eigenvalue weighted by atomic mass is 16.1. The summed E-state index contributed by atoms with van der Waals surface area (Å²) in [7, 11) is 0. The van der Waals surface area contributed by atoms with Gasteiger partial charge in [0.05, 0.1) is 0 Å². The van der Waals surface area contributed by atoms with Gasteiger partial charge in [0, 0.05) is 44.2 Å². The van der Waals surface area contributed by atoms with Gasteiger partial charge in [-0.25, -0.2) is 0 Å². The number of amides is 1. The lowest BCUT2D eigenvalue weighted by atomic mass is 9.95. The van der Waals surface area contributed by atoms with Gasteiger partial charge in [0.1, 0.15) is 0 Å². The molecule has 0 bridgehead atoms. The van der Waals surface area contributed by atoms with Gasteiger partial charge in [-0.05, 0) is 26.3 Å². The number of carbonyl (C=O) groups is 1. The molecule has 0 aromatic heterocycles. The first-order valence-electron chi connectivity index (χ1n) is 7.10. The molecule has 0 radical (unpaired) electrons. The van der Waals surface area contributed by atoms with E-state index in [2.05, 4.69) is 16.7 Å². The molecule has 5 heteroatoms. The summed E-state index contributed by atoms with van der Waals surface area (Å²) in [6.07, 6.45) is 4.31. The number of hydrogen-bond acceptors (Lipinski definition) is 4. The lowest BCUT2D eigenvalue weighted by Gasteiger charge is -2.49. The maximum Gasteiger partial charge on any atom is 0.219 e. The molecule has 18 heavy (non-hydrogen) atoms. The molecule has 5 nitrogen and oxygen atoms in total. The minimum Gasteiger partial charge on any atom is -0.370 e. The lowest BCUT2D eigenvalue weighted by molar-refractivity contribution is -0.120. The van der Waals surface area contributed by atoms with Gasteiger partial charge >= 0.3 is 0 Å². The maximum absolute atomic E-state index is 11.1. The molecular formula is C13H26N4O. The van der Waals surface area contributed by atoms with Crippen LogP contribution in [0.25, 0.3) is 0 Å². The Morgan fingerprint density at radius 3 is 2.83 bits per heavy atom. The van der Waals surface area contributed by atoms with Crippen LogP contribution in [0, 0.1) is 0 Å². The average Bonchev–Trinajstić information content (AvgIpc) is 2.35. The Hall–Kier alpha value is -0.650. The smallest absolute Gasteiger partial charge is 0.219 e. The van der Waals surface area contributed by atoms with Crippen molar-refractivity contribution < 1.29 is 4.79 Å². The fourth-order valence-electron chi connectivity index (χ4n) is 3.45. The highest BCUT2D eigenvalue weighted by Crippen LogP contribution is 2.25. The van der Waals surface area contributed by atoms with Crippen molar-refractivity contribution in [3.8, 4) is 0 Å². The molecule has 0 saturated carbocycles. The van der Waals surface area contributed by atoms with Gasteiger partial charge in [-0.1, -0.05) is 6.42 Å². The number of hydrogen-bond donors (Lipinski definition) is 2. The minimum atomic E-state index is -0.247. The van der Waals surface area contributed by atoms with E-state index in [9.17, 15) is 4.79 Å². The van der Waals surface area contributed by atoms with Crippen LogP contribution < -0.4 is 11.5 Å². The third-order valence-electron chi connectivity index (χ3n) is 4.41. The summed E-state index contributed by atoms with van der Waals surface area (Å²) in [6.45, 7) is 6.11. The van der Waals surface area contributed by atoms with E-state index in [-0.39, 0.29) is 11.9 Å². The number of piperidine rings is 1. The standard InChI is InChI=1S/C13H26N4O/c1-10-8-16-5-3-2-4-11(16)9-17(10)12(7-14)6-13(15)18/h10-12H,2-9,14H2,1H3,(H2,15,18). The Morgan fingerprint density at radius 2 is 2.17 bits per heavy atom. The maximum atomic E-state index is 11.1. The molecule has 0 aromatic carbocycles. The number of rotatable bonds is 4. The van der Waals surface area contributed by atoms with Gasteiger partial charge in [-0.15, -0.1) is 0 Å². The molecule has 2 aliphatic rings. The molecule has 2 heterocycles. The van der Waals surface area contributed by atoms with Crippen molar-refractivity contribution in [3.63, 3.8) is 0 Å². The number of piperazine rings is 1. The van der Waals surface area contributed by atoms with Crippen LogP contribution in [0.5, 0.6) is 0 Å². The molecule has 0 spiro atoms. The summed E-state index contributed by atoms with van der Waals surface area (Å²) in [5.41, 5.74) is 11.1. The number of fused-ring (bicyclic) bond motifs is 1. The van der Waals surface area contributed by atoms with Crippen LogP contribution in [0.15, 0.2) is 0 Å². The van der Waals surface area contributed by atoms with Gasteiger partial charge < -0.3 is 11.5 Å². The van der Waals surface area contributed by atoms with Gasteiger partial charge in [0.2, 0.25) is 5.91 Å². The van der Waals surface area contributed by atoms with Crippen molar-refractivity contribution in [2.24, 2.45) is 11.5 Å². The largest absolute Gasteiger partial charge is 0.370 e. The fourth-order valence-corrected chi connectivity index (χ4v) is 3.45. The van der Waals surface area contributed by atoms with Crippen LogP contribution in [0.3, 0.4) is 0 Å². The predicted molar refractivity (Wildman–Crippen MR) is 72.0 cm³/mol. The Balaban J connectivity index is 2.00. The first kappa shape index (κ1) is 13.8. The molecule has 3 unspecified atom stereocenters. The molecule has 1 amide bonds.